The molecule has 0 bridgehead atoms. The number of aromatic nitrogens is 3. The second-order valence-electron chi connectivity index (χ2n) is 3.60. The van der Waals surface area contributed by atoms with Crippen LogP contribution < -0.4 is 0 Å². The van der Waals surface area contributed by atoms with Gasteiger partial charge in [0.25, 0.3) is 0 Å². The number of rotatable bonds is 3. The lowest BCUT2D eigenvalue weighted by Gasteiger charge is -1.91. The van der Waals surface area contributed by atoms with Crippen LogP contribution in [0.25, 0.3) is 10.6 Å². The third kappa shape index (κ3) is 2.60. The molecule has 0 N–H and O–H groups in total. The molecule has 2 aromatic heterocycles. The van der Waals surface area contributed by atoms with Crippen LogP contribution in [-0.2, 0) is 0 Å². The highest BCUT2D eigenvalue weighted by atomic mass is 32.2. The SMILES string of the molecule is Cc1csc(Sc2nnc(-c3ccccc3)s2)n1. The fourth-order valence-electron chi connectivity index (χ4n) is 1.40. The van der Waals surface area contributed by atoms with Gasteiger partial charge in [-0.15, -0.1) is 21.5 Å². The molecule has 0 aliphatic rings. The van der Waals surface area contributed by atoms with Crippen LogP contribution in [0.5, 0.6) is 0 Å². The van der Waals surface area contributed by atoms with Crippen LogP contribution in [0.15, 0.2) is 44.4 Å². The molecule has 0 aliphatic carbocycles. The van der Waals surface area contributed by atoms with Gasteiger partial charge in [-0.2, -0.15) is 0 Å². The minimum absolute atomic E-state index is 0.934. The molecule has 0 saturated heterocycles. The third-order valence-electron chi connectivity index (χ3n) is 2.20. The average molecular weight is 291 g/mol. The summed E-state index contributed by atoms with van der Waals surface area (Å²) >= 11 is 4.81. The zero-order valence-corrected chi connectivity index (χ0v) is 12.0. The van der Waals surface area contributed by atoms with Crippen molar-refractivity contribution in [3.8, 4) is 10.6 Å². The molecule has 90 valence electrons. The molecule has 1 aromatic carbocycles. The first kappa shape index (κ1) is 11.8. The molecule has 0 spiro atoms. The van der Waals surface area contributed by atoms with Crippen LogP contribution in [-0.4, -0.2) is 15.2 Å². The molecule has 18 heavy (non-hydrogen) atoms. The minimum atomic E-state index is 0.934. The smallest absolute Gasteiger partial charge is 0.181 e. The van der Waals surface area contributed by atoms with Crippen molar-refractivity contribution in [1.29, 1.82) is 0 Å². The molecular weight excluding hydrogens is 282 g/mol. The van der Waals surface area contributed by atoms with Crippen LogP contribution in [0.2, 0.25) is 0 Å². The number of hydrogen-bond acceptors (Lipinski definition) is 6. The standard InChI is InChI=1S/C12H9N3S3/c1-8-7-16-11(13-8)18-12-15-14-10(17-12)9-5-3-2-4-6-9/h2-7H,1H3. The lowest BCUT2D eigenvalue weighted by atomic mass is 10.2. The van der Waals surface area contributed by atoms with E-state index in [1.54, 1.807) is 34.4 Å². The summed E-state index contributed by atoms with van der Waals surface area (Å²) in [6.45, 7) is 2.00. The molecule has 3 rings (SSSR count). The van der Waals surface area contributed by atoms with Gasteiger partial charge < -0.3 is 0 Å². The van der Waals surface area contributed by atoms with Crippen LogP contribution >= 0.6 is 34.4 Å². The molecule has 6 heteroatoms. The van der Waals surface area contributed by atoms with Crippen LogP contribution in [0.1, 0.15) is 5.69 Å². The Kier molecular flexibility index (Phi) is 3.40. The molecule has 0 atom stereocenters. The van der Waals surface area contributed by atoms with Crippen LogP contribution in [0.4, 0.5) is 0 Å². The minimum Gasteiger partial charge on any atom is -0.235 e. The number of thiazole rings is 1. The zero-order valence-electron chi connectivity index (χ0n) is 9.53. The first-order valence-electron chi connectivity index (χ1n) is 5.30. The van der Waals surface area contributed by atoms with Gasteiger partial charge in [0, 0.05) is 16.6 Å². The molecule has 0 unspecified atom stereocenters. The maximum Gasteiger partial charge on any atom is 0.181 e. The van der Waals surface area contributed by atoms with E-state index in [1.165, 1.54) is 0 Å². The van der Waals surface area contributed by atoms with Crippen molar-refractivity contribution < 1.29 is 0 Å². The Hall–Kier alpha value is -1.24. The quantitative estimate of drug-likeness (QED) is 0.727. The van der Waals surface area contributed by atoms with E-state index >= 15 is 0 Å². The van der Waals surface area contributed by atoms with E-state index in [4.69, 9.17) is 0 Å². The van der Waals surface area contributed by atoms with Gasteiger partial charge in [0.05, 0.1) is 0 Å². The predicted molar refractivity (Wildman–Crippen MR) is 76.3 cm³/mol. The molecule has 0 fully saturated rings. The van der Waals surface area contributed by atoms with Crippen molar-refractivity contribution >= 4 is 34.4 Å². The Morgan fingerprint density at radius 2 is 1.89 bits per heavy atom. The van der Waals surface area contributed by atoms with E-state index in [2.05, 4.69) is 15.2 Å². The molecular formula is C12H9N3S3. The lowest BCUT2D eigenvalue weighted by Crippen LogP contribution is -1.75. The maximum atomic E-state index is 4.41. The fourth-order valence-corrected chi connectivity index (χ4v) is 4.30. The number of aryl methyl sites for hydroxylation is 1. The van der Waals surface area contributed by atoms with E-state index in [-0.39, 0.29) is 0 Å². The largest absolute Gasteiger partial charge is 0.235 e. The van der Waals surface area contributed by atoms with E-state index in [1.807, 2.05) is 42.6 Å². The van der Waals surface area contributed by atoms with Crippen molar-refractivity contribution in [2.24, 2.45) is 0 Å². The number of hydrogen-bond donors (Lipinski definition) is 0. The van der Waals surface area contributed by atoms with Crippen molar-refractivity contribution in [1.82, 2.24) is 15.2 Å². The van der Waals surface area contributed by atoms with Gasteiger partial charge in [-0.3, -0.25) is 0 Å². The Morgan fingerprint density at radius 3 is 2.61 bits per heavy atom. The first-order chi connectivity index (χ1) is 8.81. The highest BCUT2D eigenvalue weighted by molar-refractivity contribution is 8.02. The number of benzene rings is 1. The van der Waals surface area contributed by atoms with Gasteiger partial charge in [0.2, 0.25) is 0 Å². The summed E-state index contributed by atoms with van der Waals surface area (Å²) in [6, 6.07) is 10.1. The monoisotopic (exact) mass is 291 g/mol. The van der Waals surface area contributed by atoms with Crippen molar-refractivity contribution in [2.45, 2.75) is 15.6 Å². The summed E-state index contributed by atoms with van der Waals surface area (Å²) in [6.07, 6.45) is 0. The molecule has 0 amide bonds. The summed E-state index contributed by atoms with van der Waals surface area (Å²) in [5, 5.41) is 11.4. The highest BCUT2D eigenvalue weighted by Crippen LogP contribution is 2.34. The van der Waals surface area contributed by atoms with E-state index in [9.17, 15) is 0 Å². The van der Waals surface area contributed by atoms with E-state index in [0.29, 0.717) is 0 Å². The molecule has 3 nitrogen and oxygen atoms in total. The van der Waals surface area contributed by atoms with Crippen molar-refractivity contribution in [3.63, 3.8) is 0 Å². The number of nitrogens with zero attached hydrogens (tertiary/aromatic N) is 3. The molecule has 3 aromatic rings. The molecule has 2 heterocycles. The molecule has 0 radical (unpaired) electrons. The van der Waals surface area contributed by atoms with Gasteiger partial charge in [-0.25, -0.2) is 4.98 Å². The average Bonchev–Trinajstić information content (AvgIpc) is 3.01. The van der Waals surface area contributed by atoms with Gasteiger partial charge in [0.15, 0.2) is 8.68 Å². The second kappa shape index (κ2) is 5.17. The van der Waals surface area contributed by atoms with Gasteiger partial charge in [-0.05, 0) is 18.7 Å². The van der Waals surface area contributed by atoms with Crippen molar-refractivity contribution in [3.05, 3.63) is 41.4 Å². The Bertz CT molecular complexity index is 645. The van der Waals surface area contributed by atoms with E-state index in [0.717, 1.165) is 24.9 Å². The summed E-state index contributed by atoms with van der Waals surface area (Å²) < 4.78 is 1.95. The zero-order chi connectivity index (χ0) is 12.4. The summed E-state index contributed by atoms with van der Waals surface area (Å²) in [4.78, 5) is 4.41. The normalized spacial score (nSPS) is 10.7. The summed E-state index contributed by atoms with van der Waals surface area (Å²) in [7, 11) is 0. The topological polar surface area (TPSA) is 38.7 Å². The maximum absolute atomic E-state index is 4.41. The summed E-state index contributed by atoms with van der Waals surface area (Å²) in [5.74, 6) is 0. The van der Waals surface area contributed by atoms with Crippen LogP contribution in [0.3, 0.4) is 0 Å². The Morgan fingerprint density at radius 1 is 1.06 bits per heavy atom. The second-order valence-corrected chi connectivity index (χ2v) is 6.93. The van der Waals surface area contributed by atoms with Gasteiger partial charge >= 0.3 is 0 Å². The fraction of sp³-hybridized carbons (Fsp3) is 0.0833. The van der Waals surface area contributed by atoms with Crippen molar-refractivity contribution in [2.75, 3.05) is 0 Å². The predicted octanol–water partition coefficient (Wildman–Crippen LogP) is 4.12. The highest BCUT2D eigenvalue weighted by Gasteiger charge is 2.09. The first-order valence-corrected chi connectivity index (χ1v) is 7.81. The Labute approximate surface area is 117 Å². The molecule has 0 saturated carbocycles. The van der Waals surface area contributed by atoms with E-state index < -0.39 is 0 Å². The van der Waals surface area contributed by atoms with Crippen LogP contribution in [0, 0.1) is 6.92 Å². The molecule has 0 aliphatic heterocycles. The van der Waals surface area contributed by atoms with Gasteiger partial charge in [-0.1, -0.05) is 41.7 Å². The Balaban J connectivity index is 1.82. The van der Waals surface area contributed by atoms with Gasteiger partial charge in [0.1, 0.15) is 5.01 Å². The lowest BCUT2D eigenvalue weighted by molar-refractivity contribution is 1.01. The summed E-state index contributed by atoms with van der Waals surface area (Å²) in [5.41, 5.74) is 2.16. The third-order valence-corrected chi connectivity index (χ3v) is 5.28.